The van der Waals surface area contributed by atoms with Crippen molar-refractivity contribution in [3.05, 3.63) is 76.8 Å². The number of para-hydroxylation sites is 1. The molecule has 0 radical (unpaired) electrons. The molecule has 0 unspecified atom stereocenters. The quantitative estimate of drug-likeness (QED) is 0.471. The zero-order valence-electron chi connectivity index (χ0n) is 20.6. The molecule has 1 amide bonds. The van der Waals surface area contributed by atoms with Crippen molar-refractivity contribution in [2.24, 2.45) is 0 Å². The predicted molar refractivity (Wildman–Crippen MR) is 142 cm³/mol. The van der Waals surface area contributed by atoms with E-state index in [0.29, 0.717) is 28.4 Å². The molecule has 2 aromatic carbocycles. The Hall–Kier alpha value is -2.94. The van der Waals surface area contributed by atoms with Gasteiger partial charge in [0.25, 0.3) is 11.8 Å². The minimum atomic E-state index is -3.03. The van der Waals surface area contributed by atoms with Crippen LogP contribution < -0.4 is 4.90 Å². The van der Waals surface area contributed by atoms with E-state index in [9.17, 15) is 4.79 Å². The third kappa shape index (κ3) is 4.98. The Kier molecular flexibility index (Phi) is 7.01. The average Bonchev–Trinajstić information content (AvgIpc) is 3.23. The largest absolute Gasteiger partial charge is 0.307 e. The summed E-state index contributed by atoms with van der Waals surface area (Å²) >= 11 is 1.31. The molecule has 0 bridgehead atoms. The Morgan fingerprint density at radius 3 is 2.47 bits per heavy atom. The molecule has 3 heterocycles. The molecule has 0 atom stereocenters. The third-order valence-corrected chi connectivity index (χ3v) is 8.13. The van der Waals surface area contributed by atoms with Gasteiger partial charge in [-0.05, 0) is 20.0 Å². The van der Waals surface area contributed by atoms with Crippen LogP contribution in [0.5, 0.6) is 0 Å². The second kappa shape index (κ2) is 10.2. The van der Waals surface area contributed by atoms with Gasteiger partial charge < -0.3 is 9.80 Å². The molecule has 0 N–H and O–H groups in total. The number of thiazole rings is 1. The molecule has 5 nitrogen and oxygen atoms in total. The summed E-state index contributed by atoms with van der Waals surface area (Å²) in [6, 6.07) is 16.7. The van der Waals surface area contributed by atoms with E-state index in [1.807, 2.05) is 30.3 Å². The highest BCUT2D eigenvalue weighted by Crippen LogP contribution is 2.43. The number of benzene rings is 2. The summed E-state index contributed by atoms with van der Waals surface area (Å²) in [5, 5.41) is 0.748. The number of amides is 1. The fraction of sp³-hybridized carbons (Fsp3) is 0.357. The number of carbonyl (C=O) groups is 1. The molecule has 0 aliphatic carbocycles. The molecule has 1 saturated heterocycles. The SMILES string of the molecule is Cc1nc(-c2ccccc2)sc1C(=O)N1CCC(F)(F)/C(=C\CN2CCN(C)CC2)c2ccccc21. The van der Waals surface area contributed by atoms with Gasteiger partial charge in [-0.1, -0.05) is 54.6 Å². The molecule has 188 valence electrons. The number of anilines is 1. The second-order valence-corrected chi connectivity index (χ2v) is 10.4. The number of aryl methyl sites for hydroxylation is 1. The lowest BCUT2D eigenvalue weighted by Gasteiger charge is -2.32. The van der Waals surface area contributed by atoms with E-state index in [4.69, 9.17) is 0 Å². The summed E-state index contributed by atoms with van der Waals surface area (Å²) < 4.78 is 31.1. The van der Waals surface area contributed by atoms with Gasteiger partial charge in [-0.2, -0.15) is 0 Å². The monoisotopic (exact) mass is 508 g/mol. The van der Waals surface area contributed by atoms with Crippen LogP contribution >= 0.6 is 11.3 Å². The maximum absolute atomic E-state index is 15.5. The van der Waals surface area contributed by atoms with Crippen LogP contribution in [0.1, 0.15) is 27.3 Å². The smallest absolute Gasteiger partial charge is 0.275 e. The zero-order chi connectivity index (χ0) is 25.3. The van der Waals surface area contributed by atoms with Gasteiger partial charge in [-0.25, -0.2) is 13.8 Å². The molecule has 2 aliphatic rings. The van der Waals surface area contributed by atoms with Crippen molar-refractivity contribution in [1.29, 1.82) is 0 Å². The minimum Gasteiger partial charge on any atom is -0.307 e. The summed E-state index contributed by atoms with van der Waals surface area (Å²) in [4.78, 5) is 24.8. The van der Waals surface area contributed by atoms with Gasteiger partial charge in [0.1, 0.15) is 9.88 Å². The van der Waals surface area contributed by atoms with E-state index < -0.39 is 12.3 Å². The Morgan fingerprint density at radius 1 is 1.03 bits per heavy atom. The van der Waals surface area contributed by atoms with Crippen molar-refractivity contribution in [3.63, 3.8) is 0 Å². The van der Waals surface area contributed by atoms with E-state index in [-0.39, 0.29) is 18.0 Å². The highest BCUT2D eigenvalue weighted by Gasteiger charge is 2.41. The van der Waals surface area contributed by atoms with Crippen molar-refractivity contribution in [2.75, 3.05) is 51.2 Å². The highest BCUT2D eigenvalue weighted by molar-refractivity contribution is 7.17. The van der Waals surface area contributed by atoms with Crippen molar-refractivity contribution in [2.45, 2.75) is 19.3 Å². The Bertz CT molecular complexity index is 1270. The van der Waals surface area contributed by atoms with E-state index in [1.165, 1.54) is 16.2 Å². The molecule has 2 aliphatic heterocycles. The number of rotatable bonds is 4. The van der Waals surface area contributed by atoms with E-state index in [1.54, 1.807) is 37.3 Å². The van der Waals surface area contributed by atoms with Crippen LogP contribution in [0.15, 0.2) is 60.7 Å². The number of carbonyl (C=O) groups excluding carboxylic acids is 1. The highest BCUT2D eigenvalue weighted by atomic mass is 32.1. The van der Waals surface area contributed by atoms with Crippen LogP contribution in [0.2, 0.25) is 0 Å². The summed E-state index contributed by atoms with van der Waals surface area (Å²) in [5.41, 5.74) is 2.51. The van der Waals surface area contributed by atoms with Crippen LogP contribution in [0.3, 0.4) is 0 Å². The summed E-state index contributed by atoms with van der Waals surface area (Å²) in [6.45, 7) is 5.77. The molecule has 3 aromatic rings. The number of likely N-dealkylation sites (N-methyl/N-ethyl adjacent to an activating group) is 1. The number of alkyl halides is 2. The molecule has 36 heavy (non-hydrogen) atoms. The Labute approximate surface area is 214 Å². The van der Waals surface area contributed by atoms with Crippen molar-refractivity contribution < 1.29 is 13.6 Å². The second-order valence-electron chi connectivity index (χ2n) is 9.45. The molecule has 1 aromatic heterocycles. The first-order valence-electron chi connectivity index (χ1n) is 12.3. The van der Waals surface area contributed by atoms with E-state index in [0.717, 1.165) is 36.8 Å². The Balaban J connectivity index is 1.47. The fourth-order valence-corrected chi connectivity index (χ4v) is 5.80. The van der Waals surface area contributed by atoms with Gasteiger partial charge >= 0.3 is 0 Å². The number of halogens is 2. The van der Waals surface area contributed by atoms with Gasteiger partial charge in [0, 0.05) is 62.4 Å². The summed E-state index contributed by atoms with van der Waals surface area (Å²) in [7, 11) is 2.07. The predicted octanol–water partition coefficient (Wildman–Crippen LogP) is 5.44. The molecule has 0 spiro atoms. The molecular formula is C28H30F2N4OS. The number of nitrogens with zero attached hydrogens (tertiary/aromatic N) is 4. The maximum Gasteiger partial charge on any atom is 0.275 e. The average molecular weight is 509 g/mol. The van der Waals surface area contributed by atoms with Gasteiger partial charge in [-0.3, -0.25) is 9.69 Å². The number of fused-ring (bicyclic) bond motifs is 1. The van der Waals surface area contributed by atoms with Gasteiger partial charge in [0.15, 0.2) is 0 Å². The van der Waals surface area contributed by atoms with Gasteiger partial charge in [0.2, 0.25) is 0 Å². The summed E-state index contributed by atoms with van der Waals surface area (Å²) in [5.74, 6) is -3.31. The number of allylic oxidation sites excluding steroid dienone is 1. The van der Waals surface area contributed by atoms with Crippen LogP contribution in [0.25, 0.3) is 16.1 Å². The first-order chi connectivity index (χ1) is 17.3. The van der Waals surface area contributed by atoms with Crippen LogP contribution in [0.4, 0.5) is 14.5 Å². The van der Waals surface area contributed by atoms with Crippen LogP contribution in [0, 0.1) is 6.92 Å². The van der Waals surface area contributed by atoms with Gasteiger partial charge in [0.05, 0.1) is 11.4 Å². The van der Waals surface area contributed by atoms with Gasteiger partial charge in [-0.15, -0.1) is 11.3 Å². The standard InChI is InChI=1S/C28H30F2N4OS/c1-20-25(36-26(31-20)21-8-4-3-5-9-21)27(35)34-15-13-28(29,30)23(22-10-6-7-11-24(22)34)12-14-33-18-16-32(2)17-19-33/h3-12H,13-19H2,1-2H3/b23-12-. The van der Waals surface area contributed by atoms with E-state index in [2.05, 4.69) is 21.8 Å². The number of piperazine rings is 1. The van der Waals surface area contributed by atoms with Crippen molar-refractivity contribution in [3.8, 4) is 10.6 Å². The first-order valence-corrected chi connectivity index (χ1v) is 13.1. The molecule has 8 heteroatoms. The molecule has 1 fully saturated rings. The number of aromatic nitrogens is 1. The topological polar surface area (TPSA) is 39.7 Å². The van der Waals surface area contributed by atoms with E-state index >= 15 is 8.78 Å². The van der Waals surface area contributed by atoms with Crippen LogP contribution in [-0.4, -0.2) is 72.9 Å². The number of hydrogen-bond acceptors (Lipinski definition) is 5. The molecular weight excluding hydrogens is 478 g/mol. The maximum atomic E-state index is 15.5. The van der Waals surface area contributed by atoms with Crippen LogP contribution in [-0.2, 0) is 0 Å². The summed E-state index contributed by atoms with van der Waals surface area (Å²) in [6.07, 6.45) is 1.25. The Morgan fingerprint density at radius 2 is 1.72 bits per heavy atom. The minimum absolute atomic E-state index is 0.0123. The fourth-order valence-electron chi connectivity index (χ4n) is 4.78. The van der Waals surface area contributed by atoms with Crippen molar-refractivity contribution in [1.82, 2.24) is 14.8 Å². The zero-order valence-corrected chi connectivity index (χ0v) is 21.4. The third-order valence-electron chi connectivity index (χ3n) is 6.93. The van der Waals surface area contributed by atoms with Crippen molar-refractivity contribution >= 4 is 28.5 Å². The lowest BCUT2D eigenvalue weighted by Crippen LogP contribution is -2.44. The molecule has 0 saturated carbocycles. The normalized spacial score (nSPS) is 19.8. The lowest BCUT2D eigenvalue weighted by atomic mass is 9.97. The first kappa shape index (κ1) is 24.7. The number of hydrogen-bond donors (Lipinski definition) is 0. The lowest BCUT2D eigenvalue weighted by molar-refractivity contribution is 0.0596. The molecule has 5 rings (SSSR count).